The summed E-state index contributed by atoms with van der Waals surface area (Å²) in [6.07, 6.45) is 0.479. The van der Waals surface area contributed by atoms with Crippen LogP contribution in [0.15, 0.2) is 17.0 Å². The average molecular weight is 290 g/mol. The Kier molecular flexibility index (Phi) is 5.28. The molecule has 0 aromatic heterocycles. The van der Waals surface area contributed by atoms with E-state index in [1.807, 2.05) is 6.92 Å². The fourth-order valence-electron chi connectivity index (χ4n) is 1.67. The van der Waals surface area contributed by atoms with E-state index >= 15 is 0 Å². The number of hydrogen-bond donors (Lipinski definition) is 3. The lowest BCUT2D eigenvalue weighted by molar-refractivity contribution is 0.167. The van der Waals surface area contributed by atoms with E-state index in [2.05, 4.69) is 4.72 Å². The van der Waals surface area contributed by atoms with Crippen molar-refractivity contribution in [1.82, 2.24) is 4.72 Å². The van der Waals surface area contributed by atoms with Crippen LogP contribution in [0.4, 0.5) is 10.1 Å². The smallest absolute Gasteiger partial charge is 0.241 e. The van der Waals surface area contributed by atoms with Crippen molar-refractivity contribution in [3.63, 3.8) is 0 Å². The quantitative estimate of drug-likeness (QED) is 0.685. The van der Waals surface area contributed by atoms with E-state index in [4.69, 9.17) is 5.73 Å². The number of anilines is 1. The highest BCUT2D eigenvalue weighted by Crippen LogP contribution is 2.21. The van der Waals surface area contributed by atoms with Gasteiger partial charge in [0.1, 0.15) is 5.82 Å². The van der Waals surface area contributed by atoms with Gasteiger partial charge in [0.15, 0.2) is 0 Å². The maximum absolute atomic E-state index is 13.5. The zero-order valence-corrected chi connectivity index (χ0v) is 11.8. The lowest BCUT2D eigenvalue weighted by Gasteiger charge is -2.13. The predicted octanol–water partition coefficient (Wildman–Crippen LogP) is 1.16. The molecule has 5 nitrogen and oxygen atoms in total. The average Bonchev–Trinajstić information content (AvgIpc) is 2.31. The van der Waals surface area contributed by atoms with Crippen molar-refractivity contribution in [1.29, 1.82) is 0 Å². The third kappa shape index (κ3) is 4.15. The number of nitrogens with two attached hydrogens (primary N) is 1. The monoisotopic (exact) mass is 290 g/mol. The molecule has 0 amide bonds. The van der Waals surface area contributed by atoms with Crippen molar-refractivity contribution >= 4 is 15.7 Å². The van der Waals surface area contributed by atoms with Crippen LogP contribution in [0, 0.1) is 12.7 Å². The molecular formula is C12H19FN2O3S. The van der Waals surface area contributed by atoms with Gasteiger partial charge < -0.3 is 10.8 Å². The molecule has 0 aliphatic rings. The standard InChI is InChI=1S/C12H19FN2O3S/c1-3-4-10(16)7-15-19(17,18)12-6-9(14)5-11(13)8(12)2/h5-6,10,15-16H,3-4,7,14H2,1-2H3. The van der Waals surface area contributed by atoms with E-state index in [1.54, 1.807) is 0 Å². The Bertz CT molecular complexity index is 546. The summed E-state index contributed by atoms with van der Waals surface area (Å²) in [6.45, 7) is 3.15. The zero-order valence-electron chi connectivity index (χ0n) is 11.0. The maximum atomic E-state index is 13.5. The number of aliphatic hydroxyl groups is 1. The summed E-state index contributed by atoms with van der Waals surface area (Å²) >= 11 is 0. The van der Waals surface area contributed by atoms with Gasteiger partial charge in [-0.3, -0.25) is 0 Å². The number of benzene rings is 1. The molecular weight excluding hydrogens is 271 g/mol. The van der Waals surface area contributed by atoms with Crippen LogP contribution in [0.3, 0.4) is 0 Å². The van der Waals surface area contributed by atoms with Crippen LogP contribution in [-0.4, -0.2) is 26.2 Å². The highest BCUT2D eigenvalue weighted by atomic mass is 32.2. The molecule has 0 aliphatic carbocycles. The Balaban J connectivity index is 2.95. The van der Waals surface area contributed by atoms with E-state index < -0.39 is 21.9 Å². The predicted molar refractivity (Wildman–Crippen MR) is 71.7 cm³/mol. The van der Waals surface area contributed by atoms with Gasteiger partial charge in [-0.1, -0.05) is 13.3 Å². The minimum Gasteiger partial charge on any atom is -0.399 e. The first-order valence-electron chi connectivity index (χ1n) is 6.01. The lowest BCUT2D eigenvalue weighted by Crippen LogP contribution is -2.32. The highest BCUT2D eigenvalue weighted by molar-refractivity contribution is 7.89. The number of aliphatic hydroxyl groups excluding tert-OH is 1. The Morgan fingerprint density at radius 1 is 1.47 bits per heavy atom. The van der Waals surface area contributed by atoms with Gasteiger partial charge in [0.2, 0.25) is 10.0 Å². The first-order chi connectivity index (χ1) is 8.77. The molecule has 7 heteroatoms. The maximum Gasteiger partial charge on any atom is 0.241 e. The third-order valence-electron chi connectivity index (χ3n) is 2.74. The van der Waals surface area contributed by atoms with Gasteiger partial charge in [0.25, 0.3) is 0 Å². The Morgan fingerprint density at radius 3 is 2.68 bits per heavy atom. The third-order valence-corrected chi connectivity index (χ3v) is 4.29. The molecule has 1 unspecified atom stereocenters. The number of rotatable bonds is 6. The summed E-state index contributed by atoms with van der Waals surface area (Å²) in [6, 6.07) is 2.27. The molecule has 4 N–H and O–H groups in total. The SMILES string of the molecule is CCCC(O)CNS(=O)(=O)c1cc(N)cc(F)c1C. The Labute approximate surface area is 112 Å². The van der Waals surface area contributed by atoms with Crippen LogP contribution in [0.5, 0.6) is 0 Å². The molecule has 0 bridgehead atoms. The largest absolute Gasteiger partial charge is 0.399 e. The number of nitrogen functional groups attached to an aromatic ring is 1. The van der Waals surface area contributed by atoms with E-state index in [-0.39, 0.29) is 22.7 Å². The summed E-state index contributed by atoms with van der Waals surface area (Å²) in [5.41, 5.74) is 5.49. The molecule has 0 fully saturated rings. The second kappa shape index (κ2) is 6.31. The van der Waals surface area contributed by atoms with Crippen LogP contribution in [-0.2, 0) is 10.0 Å². The van der Waals surface area contributed by atoms with Crippen molar-refractivity contribution in [2.75, 3.05) is 12.3 Å². The van der Waals surface area contributed by atoms with E-state index in [9.17, 15) is 17.9 Å². The normalized spacial score (nSPS) is 13.5. The first-order valence-corrected chi connectivity index (χ1v) is 7.49. The highest BCUT2D eigenvalue weighted by Gasteiger charge is 2.20. The van der Waals surface area contributed by atoms with E-state index in [0.29, 0.717) is 6.42 Å². The number of sulfonamides is 1. The molecule has 1 aromatic rings. The zero-order chi connectivity index (χ0) is 14.6. The summed E-state index contributed by atoms with van der Waals surface area (Å²) in [5, 5.41) is 9.51. The van der Waals surface area contributed by atoms with E-state index in [0.717, 1.165) is 12.5 Å². The van der Waals surface area contributed by atoms with Gasteiger partial charge in [0, 0.05) is 17.8 Å². The fourth-order valence-corrected chi connectivity index (χ4v) is 3.03. The molecule has 0 saturated carbocycles. The number of halogens is 1. The number of nitrogens with one attached hydrogen (secondary N) is 1. The van der Waals surface area contributed by atoms with Crippen LogP contribution in [0.2, 0.25) is 0 Å². The molecule has 19 heavy (non-hydrogen) atoms. The van der Waals surface area contributed by atoms with Gasteiger partial charge in [-0.05, 0) is 25.5 Å². The topological polar surface area (TPSA) is 92.4 Å². The Morgan fingerprint density at radius 2 is 2.11 bits per heavy atom. The minimum absolute atomic E-state index is 0.00619. The summed E-state index contributed by atoms with van der Waals surface area (Å²) in [4.78, 5) is -0.200. The minimum atomic E-state index is -3.88. The van der Waals surface area contributed by atoms with Gasteiger partial charge in [-0.25, -0.2) is 17.5 Å². The van der Waals surface area contributed by atoms with Crippen molar-refractivity contribution in [3.8, 4) is 0 Å². The fraction of sp³-hybridized carbons (Fsp3) is 0.500. The molecule has 0 heterocycles. The van der Waals surface area contributed by atoms with Crippen molar-refractivity contribution in [2.45, 2.75) is 37.7 Å². The summed E-state index contributed by atoms with van der Waals surface area (Å²) in [7, 11) is -3.88. The molecule has 1 rings (SSSR count). The summed E-state index contributed by atoms with van der Waals surface area (Å²) in [5.74, 6) is -0.672. The van der Waals surface area contributed by atoms with Crippen molar-refractivity contribution < 1.29 is 17.9 Å². The second-order valence-electron chi connectivity index (χ2n) is 4.42. The van der Waals surface area contributed by atoms with Gasteiger partial charge in [-0.15, -0.1) is 0 Å². The first kappa shape index (κ1) is 15.9. The summed E-state index contributed by atoms with van der Waals surface area (Å²) < 4.78 is 39.8. The molecule has 0 aliphatic heterocycles. The molecule has 0 radical (unpaired) electrons. The van der Waals surface area contributed by atoms with Crippen molar-refractivity contribution in [2.24, 2.45) is 0 Å². The number of hydrogen-bond acceptors (Lipinski definition) is 4. The lowest BCUT2D eigenvalue weighted by atomic mass is 10.2. The Hall–Kier alpha value is -1.18. The van der Waals surface area contributed by atoms with Gasteiger partial charge in [0.05, 0.1) is 11.0 Å². The van der Waals surface area contributed by atoms with Crippen LogP contribution in [0.1, 0.15) is 25.3 Å². The molecule has 0 spiro atoms. The second-order valence-corrected chi connectivity index (χ2v) is 6.16. The molecule has 1 atom stereocenters. The van der Waals surface area contributed by atoms with Crippen LogP contribution >= 0.6 is 0 Å². The molecule has 0 saturated heterocycles. The van der Waals surface area contributed by atoms with Crippen LogP contribution < -0.4 is 10.5 Å². The van der Waals surface area contributed by atoms with Gasteiger partial charge in [-0.2, -0.15) is 0 Å². The van der Waals surface area contributed by atoms with Gasteiger partial charge >= 0.3 is 0 Å². The van der Waals surface area contributed by atoms with Crippen LogP contribution in [0.25, 0.3) is 0 Å². The van der Waals surface area contributed by atoms with Crippen molar-refractivity contribution in [3.05, 3.63) is 23.5 Å². The molecule has 1 aromatic carbocycles. The van der Waals surface area contributed by atoms with E-state index in [1.165, 1.54) is 13.0 Å². The molecule has 108 valence electrons.